The Morgan fingerprint density at radius 1 is 1.50 bits per heavy atom. The molecule has 5 nitrogen and oxygen atoms in total. The highest BCUT2D eigenvalue weighted by molar-refractivity contribution is 9.10. The Hall–Kier alpha value is -1.82. The first-order valence-corrected chi connectivity index (χ1v) is 5.99. The first-order valence-electron chi connectivity index (χ1n) is 5.19. The van der Waals surface area contributed by atoms with Gasteiger partial charge in [-0.1, -0.05) is 15.9 Å². The number of ether oxygens (including phenoxy) is 1. The van der Waals surface area contributed by atoms with E-state index in [2.05, 4.69) is 26.1 Å². The monoisotopic (exact) mass is 310 g/mol. The van der Waals surface area contributed by atoms with E-state index >= 15 is 0 Å². The molecule has 0 aliphatic carbocycles. The van der Waals surface area contributed by atoms with Crippen LogP contribution >= 0.6 is 15.9 Å². The van der Waals surface area contributed by atoms with Gasteiger partial charge < -0.3 is 9.84 Å². The molecule has 0 spiro atoms. The average Bonchev–Trinajstić information content (AvgIpc) is 2.76. The van der Waals surface area contributed by atoms with Gasteiger partial charge in [0.25, 0.3) is 0 Å². The number of aromatic amines is 1. The summed E-state index contributed by atoms with van der Waals surface area (Å²) in [5.41, 5.74) is 2.09. The predicted octanol–water partition coefficient (Wildman–Crippen LogP) is 2.47. The highest BCUT2D eigenvalue weighted by Gasteiger charge is 2.14. The SMILES string of the molecule is COc1ccc(Br)cc1-c1cn[nH]c1CC(=O)O. The van der Waals surface area contributed by atoms with Crippen LogP contribution < -0.4 is 4.74 Å². The molecule has 0 aliphatic rings. The minimum Gasteiger partial charge on any atom is -0.496 e. The number of halogens is 1. The Morgan fingerprint density at radius 2 is 2.28 bits per heavy atom. The van der Waals surface area contributed by atoms with Crippen molar-refractivity contribution in [2.75, 3.05) is 7.11 Å². The summed E-state index contributed by atoms with van der Waals surface area (Å²) in [7, 11) is 1.57. The van der Waals surface area contributed by atoms with Crippen LogP contribution in [0.2, 0.25) is 0 Å². The van der Waals surface area contributed by atoms with E-state index in [-0.39, 0.29) is 6.42 Å². The van der Waals surface area contributed by atoms with Crippen molar-refractivity contribution in [3.8, 4) is 16.9 Å². The van der Waals surface area contributed by atoms with Gasteiger partial charge in [-0.15, -0.1) is 0 Å². The Morgan fingerprint density at radius 3 is 2.94 bits per heavy atom. The van der Waals surface area contributed by atoms with E-state index in [0.29, 0.717) is 11.4 Å². The molecule has 2 aromatic rings. The molecular formula is C12H11BrN2O3. The van der Waals surface area contributed by atoms with Gasteiger partial charge in [0.1, 0.15) is 5.75 Å². The largest absolute Gasteiger partial charge is 0.496 e. The topological polar surface area (TPSA) is 75.2 Å². The molecule has 0 fully saturated rings. The summed E-state index contributed by atoms with van der Waals surface area (Å²) in [6, 6.07) is 5.55. The molecule has 94 valence electrons. The molecule has 0 bridgehead atoms. The quantitative estimate of drug-likeness (QED) is 0.909. The number of H-pyrrole nitrogens is 1. The number of rotatable bonds is 4. The van der Waals surface area contributed by atoms with E-state index in [1.165, 1.54) is 0 Å². The molecular weight excluding hydrogens is 300 g/mol. The Kier molecular flexibility index (Phi) is 3.66. The summed E-state index contributed by atoms with van der Waals surface area (Å²) in [6.45, 7) is 0. The van der Waals surface area contributed by atoms with E-state index < -0.39 is 5.97 Å². The second-order valence-corrected chi connectivity index (χ2v) is 4.59. The number of hydrogen-bond donors (Lipinski definition) is 2. The van der Waals surface area contributed by atoms with E-state index in [1.807, 2.05) is 18.2 Å². The van der Waals surface area contributed by atoms with E-state index in [0.717, 1.165) is 15.6 Å². The van der Waals surface area contributed by atoms with Crippen LogP contribution in [0.1, 0.15) is 5.69 Å². The van der Waals surface area contributed by atoms with Crippen molar-refractivity contribution in [2.45, 2.75) is 6.42 Å². The van der Waals surface area contributed by atoms with Crippen LogP contribution in [0.25, 0.3) is 11.1 Å². The summed E-state index contributed by atoms with van der Waals surface area (Å²) < 4.78 is 6.16. The lowest BCUT2D eigenvalue weighted by atomic mass is 10.0. The van der Waals surface area contributed by atoms with Crippen LogP contribution in [-0.2, 0) is 11.2 Å². The molecule has 0 aliphatic heterocycles. The van der Waals surface area contributed by atoms with E-state index in [9.17, 15) is 4.79 Å². The van der Waals surface area contributed by atoms with Gasteiger partial charge in [-0.25, -0.2) is 0 Å². The fourth-order valence-electron chi connectivity index (χ4n) is 1.72. The highest BCUT2D eigenvalue weighted by atomic mass is 79.9. The third-order valence-corrected chi connectivity index (χ3v) is 2.99. The van der Waals surface area contributed by atoms with Crippen molar-refractivity contribution >= 4 is 21.9 Å². The first kappa shape index (κ1) is 12.6. The number of methoxy groups -OCH3 is 1. The fourth-order valence-corrected chi connectivity index (χ4v) is 2.08. The van der Waals surface area contributed by atoms with Crippen LogP contribution in [0.4, 0.5) is 0 Å². The van der Waals surface area contributed by atoms with Crippen molar-refractivity contribution in [1.29, 1.82) is 0 Å². The van der Waals surface area contributed by atoms with Crippen molar-refractivity contribution in [1.82, 2.24) is 10.2 Å². The lowest BCUT2D eigenvalue weighted by molar-refractivity contribution is -0.136. The maximum Gasteiger partial charge on any atom is 0.309 e. The fraction of sp³-hybridized carbons (Fsp3) is 0.167. The summed E-state index contributed by atoms with van der Waals surface area (Å²) in [5, 5.41) is 15.5. The van der Waals surface area contributed by atoms with E-state index in [1.54, 1.807) is 13.3 Å². The van der Waals surface area contributed by atoms with Gasteiger partial charge in [0.15, 0.2) is 0 Å². The highest BCUT2D eigenvalue weighted by Crippen LogP contribution is 2.34. The Balaban J connectivity index is 2.51. The second kappa shape index (κ2) is 5.22. The van der Waals surface area contributed by atoms with Gasteiger partial charge in [-0.3, -0.25) is 9.89 Å². The molecule has 0 saturated heterocycles. The van der Waals surface area contributed by atoms with E-state index in [4.69, 9.17) is 9.84 Å². The van der Waals surface area contributed by atoms with Crippen LogP contribution in [0, 0.1) is 0 Å². The molecule has 2 rings (SSSR count). The zero-order chi connectivity index (χ0) is 13.1. The molecule has 0 atom stereocenters. The minimum atomic E-state index is -0.908. The number of carboxylic acid groups (broad SMARTS) is 1. The number of carboxylic acids is 1. The minimum absolute atomic E-state index is 0.106. The van der Waals surface area contributed by atoms with Gasteiger partial charge in [-0.05, 0) is 18.2 Å². The number of nitrogens with one attached hydrogen (secondary N) is 1. The maximum absolute atomic E-state index is 10.8. The zero-order valence-corrected chi connectivity index (χ0v) is 11.2. The van der Waals surface area contributed by atoms with Crippen molar-refractivity contribution in [3.05, 3.63) is 34.6 Å². The summed E-state index contributed by atoms with van der Waals surface area (Å²) in [6.07, 6.45) is 1.49. The number of hydrogen-bond acceptors (Lipinski definition) is 3. The van der Waals surface area contributed by atoms with Crippen LogP contribution in [0.3, 0.4) is 0 Å². The number of aromatic nitrogens is 2. The standard InChI is InChI=1S/C12H11BrN2O3/c1-18-11-3-2-7(13)4-8(11)9-6-14-15-10(9)5-12(16)17/h2-4,6H,5H2,1H3,(H,14,15)(H,16,17). The smallest absolute Gasteiger partial charge is 0.309 e. The van der Waals surface area contributed by atoms with Crippen LogP contribution in [0.15, 0.2) is 28.9 Å². The molecule has 0 unspecified atom stereocenters. The summed E-state index contributed by atoms with van der Waals surface area (Å²) in [4.78, 5) is 10.8. The van der Waals surface area contributed by atoms with Gasteiger partial charge in [-0.2, -0.15) is 5.10 Å². The van der Waals surface area contributed by atoms with Gasteiger partial charge in [0, 0.05) is 15.6 Å². The normalized spacial score (nSPS) is 10.3. The molecule has 0 radical (unpaired) electrons. The van der Waals surface area contributed by atoms with Gasteiger partial charge >= 0.3 is 5.97 Å². The van der Waals surface area contributed by atoms with Crippen molar-refractivity contribution < 1.29 is 14.6 Å². The van der Waals surface area contributed by atoms with Gasteiger partial charge in [0.2, 0.25) is 0 Å². The molecule has 1 aromatic heterocycles. The molecule has 0 amide bonds. The molecule has 0 saturated carbocycles. The van der Waals surface area contributed by atoms with Crippen LogP contribution in [-0.4, -0.2) is 28.4 Å². The third kappa shape index (κ3) is 2.53. The molecule has 1 aromatic carbocycles. The third-order valence-electron chi connectivity index (χ3n) is 2.50. The maximum atomic E-state index is 10.8. The molecule has 2 N–H and O–H groups in total. The van der Waals surface area contributed by atoms with Gasteiger partial charge in [0.05, 0.1) is 25.4 Å². The second-order valence-electron chi connectivity index (χ2n) is 3.68. The predicted molar refractivity (Wildman–Crippen MR) is 69.6 cm³/mol. The number of carbonyl (C=O) groups is 1. The molecule has 6 heteroatoms. The Labute approximate surface area is 112 Å². The number of benzene rings is 1. The molecule has 18 heavy (non-hydrogen) atoms. The summed E-state index contributed by atoms with van der Waals surface area (Å²) >= 11 is 3.38. The number of aliphatic carboxylic acids is 1. The molecule has 1 heterocycles. The first-order chi connectivity index (χ1) is 8.61. The lowest BCUT2D eigenvalue weighted by Gasteiger charge is -2.08. The average molecular weight is 311 g/mol. The summed E-state index contributed by atoms with van der Waals surface area (Å²) in [5.74, 6) is -0.235. The van der Waals surface area contributed by atoms with Crippen LogP contribution in [0.5, 0.6) is 5.75 Å². The zero-order valence-electron chi connectivity index (χ0n) is 9.61. The lowest BCUT2D eigenvalue weighted by Crippen LogP contribution is -2.02. The number of nitrogens with zero attached hydrogens (tertiary/aromatic N) is 1. The Bertz CT molecular complexity index is 580. The van der Waals surface area contributed by atoms with Crippen molar-refractivity contribution in [3.63, 3.8) is 0 Å². The van der Waals surface area contributed by atoms with Crippen molar-refractivity contribution in [2.24, 2.45) is 0 Å².